The number of ether oxygens (including phenoxy) is 2. The predicted octanol–water partition coefficient (Wildman–Crippen LogP) is 1.82. The Hall–Kier alpha value is -1.45. The molecule has 0 spiro atoms. The first-order valence-corrected chi connectivity index (χ1v) is 5.98. The minimum Gasteiger partial charge on any atom is -0.463 e. The molecule has 0 aromatic heterocycles. The first-order chi connectivity index (χ1) is 9.46. The lowest BCUT2D eigenvalue weighted by Crippen LogP contribution is -2.66. The van der Waals surface area contributed by atoms with Crippen molar-refractivity contribution < 1.29 is 46.1 Å². The molecule has 5 nitrogen and oxygen atoms in total. The number of hydrogen-bond donors (Lipinski definition) is 1. The Labute approximate surface area is 117 Å². The zero-order valence-electron chi connectivity index (χ0n) is 11.3. The third-order valence-corrected chi connectivity index (χ3v) is 2.41. The summed E-state index contributed by atoms with van der Waals surface area (Å²) in [5, 5.41) is 9.42. The summed E-state index contributed by atoms with van der Waals surface area (Å²) in [5.41, 5.74) is -4.78. The number of carbonyl (C=O) groups excluding carboxylic acids is 2. The molecule has 0 aliphatic rings. The Morgan fingerprint density at radius 2 is 1.48 bits per heavy atom. The topological polar surface area (TPSA) is 72.8 Å². The van der Waals surface area contributed by atoms with E-state index >= 15 is 0 Å². The Kier molecular flexibility index (Phi) is 6.53. The molecule has 0 radical (unpaired) electrons. The van der Waals surface area contributed by atoms with Crippen molar-refractivity contribution in [3.8, 4) is 0 Å². The summed E-state index contributed by atoms with van der Waals surface area (Å²) >= 11 is 0. The van der Waals surface area contributed by atoms with Gasteiger partial charge in [0.25, 0.3) is 0 Å². The lowest BCUT2D eigenvalue weighted by atomic mass is 9.95. The highest BCUT2D eigenvalue weighted by atomic mass is 19.4. The second kappa shape index (κ2) is 7.01. The number of halogens is 5. The molecule has 1 unspecified atom stereocenters. The molecule has 0 aromatic carbocycles. The SMILES string of the molecule is CCCCOC(=O)C(O)(C(=O)OCC)C(F)(F)C(F)(F)F. The molecule has 21 heavy (non-hydrogen) atoms. The van der Waals surface area contributed by atoms with Crippen molar-refractivity contribution in [3.05, 3.63) is 0 Å². The van der Waals surface area contributed by atoms with Crippen molar-refractivity contribution in [1.82, 2.24) is 0 Å². The summed E-state index contributed by atoms with van der Waals surface area (Å²) in [6.07, 6.45) is -5.75. The first kappa shape index (κ1) is 19.6. The third kappa shape index (κ3) is 3.80. The van der Waals surface area contributed by atoms with Gasteiger partial charge in [0.2, 0.25) is 0 Å². The van der Waals surface area contributed by atoms with Gasteiger partial charge in [-0.3, -0.25) is 0 Å². The molecule has 0 amide bonds. The van der Waals surface area contributed by atoms with E-state index in [0.717, 1.165) is 6.92 Å². The van der Waals surface area contributed by atoms with E-state index in [0.29, 0.717) is 6.42 Å². The van der Waals surface area contributed by atoms with Gasteiger partial charge in [0.15, 0.2) is 0 Å². The summed E-state index contributed by atoms with van der Waals surface area (Å²) in [6, 6.07) is 0. The molecule has 0 saturated heterocycles. The number of esters is 2. The van der Waals surface area contributed by atoms with E-state index in [4.69, 9.17) is 0 Å². The maximum Gasteiger partial charge on any atom is 0.457 e. The molecular formula is C11H15F5O5. The standard InChI is InChI=1S/C11H15F5O5/c1-3-5-6-21-8(18)9(19,7(17)20-4-2)10(12,13)11(14,15)16/h19H,3-6H2,1-2H3. The number of rotatable bonds is 7. The van der Waals surface area contributed by atoms with Crippen LogP contribution in [-0.2, 0) is 19.1 Å². The minimum absolute atomic E-state index is 0.155. The summed E-state index contributed by atoms with van der Waals surface area (Å²) in [4.78, 5) is 22.7. The van der Waals surface area contributed by atoms with Gasteiger partial charge in [-0.05, 0) is 13.3 Å². The molecule has 0 aromatic rings. The van der Waals surface area contributed by atoms with E-state index in [-0.39, 0.29) is 6.42 Å². The normalized spacial score (nSPS) is 15.2. The fraction of sp³-hybridized carbons (Fsp3) is 0.818. The molecule has 0 aliphatic heterocycles. The fourth-order valence-electron chi connectivity index (χ4n) is 1.19. The van der Waals surface area contributed by atoms with Crippen LogP contribution in [0.15, 0.2) is 0 Å². The first-order valence-electron chi connectivity index (χ1n) is 5.98. The average Bonchev–Trinajstić information content (AvgIpc) is 2.36. The van der Waals surface area contributed by atoms with E-state index in [2.05, 4.69) is 9.47 Å². The molecule has 0 saturated carbocycles. The van der Waals surface area contributed by atoms with Crippen LogP contribution in [0.3, 0.4) is 0 Å². The highest BCUT2D eigenvalue weighted by molar-refractivity contribution is 6.04. The third-order valence-electron chi connectivity index (χ3n) is 2.41. The fourth-order valence-corrected chi connectivity index (χ4v) is 1.19. The van der Waals surface area contributed by atoms with Crippen molar-refractivity contribution in [2.24, 2.45) is 0 Å². The maximum absolute atomic E-state index is 13.3. The van der Waals surface area contributed by atoms with Crippen LogP contribution in [0.2, 0.25) is 0 Å². The molecule has 1 N–H and O–H groups in total. The number of alkyl halides is 5. The van der Waals surface area contributed by atoms with Crippen LogP contribution in [0.5, 0.6) is 0 Å². The molecular weight excluding hydrogens is 307 g/mol. The van der Waals surface area contributed by atoms with Crippen LogP contribution >= 0.6 is 0 Å². The second-order valence-electron chi connectivity index (χ2n) is 3.99. The largest absolute Gasteiger partial charge is 0.463 e. The Morgan fingerprint density at radius 1 is 1.00 bits per heavy atom. The molecule has 0 aliphatic carbocycles. The number of hydrogen-bond acceptors (Lipinski definition) is 5. The van der Waals surface area contributed by atoms with Gasteiger partial charge in [-0.25, -0.2) is 9.59 Å². The summed E-state index contributed by atoms with van der Waals surface area (Å²) in [7, 11) is 0. The van der Waals surface area contributed by atoms with Gasteiger partial charge in [-0.2, -0.15) is 22.0 Å². The van der Waals surface area contributed by atoms with Crippen molar-refractivity contribution in [2.75, 3.05) is 13.2 Å². The molecule has 0 rings (SSSR count). The van der Waals surface area contributed by atoms with Crippen LogP contribution in [0, 0.1) is 0 Å². The molecule has 1 atom stereocenters. The highest BCUT2D eigenvalue weighted by Gasteiger charge is 2.78. The van der Waals surface area contributed by atoms with E-state index < -0.39 is 42.9 Å². The summed E-state index contributed by atoms with van der Waals surface area (Å²) < 4.78 is 71.8. The number of carbonyl (C=O) groups is 2. The van der Waals surface area contributed by atoms with Crippen LogP contribution in [0.4, 0.5) is 22.0 Å². The molecule has 0 bridgehead atoms. The Balaban J connectivity index is 5.58. The van der Waals surface area contributed by atoms with Crippen molar-refractivity contribution in [3.63, 3.8) is 0 Å². The van der Waals surface area contributed by atoms with Crippen molar-refractivity contribution in [1.29, 1.82) is 0 Å². The van der Waals surface area contributed by atoms with Gasteiger partial charge in [-0.15, -0.1) is 0 Å². The maximum atomic E-state index is 13.3. The van der Waals surface area contributed by atoms with Crippen molar-refractivity contribution in [2.45, 2.75) is 44.4 Å². The van der Waals surface area contributed by atoms with Crippen LogP contribution in [-0.4, -0.2) is 48.0 Å². The Morgan fingerprint density at radius 3 is 1.86 bits per heavy atom. The van der Waals surface area contributed by atoms with Gasteiger partial charge in [0, 0.05) is 0 Å². The number of unbranched alkanes of at least 4 members (excludes halogenated alkanes) is 1. The van der Waals surface area contributed by atoms with E-state index in [1.54, 1.807) is 6.92 Å². The lowest BCUT2D eigenvalue weighted by molar-refractivity contribution is -0.333. The summed E-state index contributed by atoms with van der Waals surface area (Å²) in [5.74, 6) is -10.9. The molecule has 10 heteroatoms. The van der Waals surface area contributed by atoms with Crippen LogP contribution in [0.1, 0.15) is 26.7 Å². The monoisotopic (exact) mass is 322 g/mol. The van der Waals surface area contributed by atoms with E-state index in [9.17, 15) is 36.6 Å². The average molecular weight is 322 g/mol. The zero-order chi connectivity index (χ0) is 16.9. The smallest absolute Gasteiger partial charge is 0.457 e. The van der Waals surface area contributed by atoms with Gasteiger partial charge in [0.05, 0.1) is 13.2 Å². The van der Waals surface area contributed by atoms with Crippen LogP contribution < -0.4 is 0 Å². The highest BCUT2D eigenvalue weighted by Crippen LogP contribution is 2.44. The van der Waals surface area contributed by atoms with E-state index in [1.165, 1.54) is 0 Å². The quantitative estimate of drug-likeness (QED) is 0.335. The van der Waals surface area contributed by atoms with Gasteiger partial charge in [0.1, 0.15) is 0 Å². The molecule has 124 valence electrons. The van der Waals surface area contributed by atoms with E-state index in [1.807, 2.05) is 0 Å². The van der Waals surface area contributed by atoms with Gasteiger partial charge >= 0.3 is 29.6 Å². The predicted molar refractivity (Wildman–Crippen MR) is 58.5 cm³/mol. The van der Waals surface area contributed by atoms with Gasteiger partial charge in [-0.1, -0.05) is 13.3 Å². The van der Waals surface area contributed by atoms with Crippen LogP contribution in [0.25, 0.3) is 0 Å². The second-order valence-corrected chi connectivity index (χ2v) is 3.99. The molecule has 0 fully saturated rings. The summed E-state index contributed by atoms with van der Waals surface area (Å²) in [6.45, 7) is 1.60. The zero-order valence-corrected chi connectivity index (χ0v) is 11.3. The van der Waals surface area contributed by atoms with Gasteiger partial charge < -0.3 is 14.6 Å². The Bertz CT molecular complexity index is 382. The number of aliphatic hydroxyl groups is 1. The lowest BCUT2D eigenvalue weighted by Gasteiger charge is -2.32. The minimum atomic E-state index is -6.35. The molecule has 0 heterocycles. The van der Waals surface area contributed by atoms with Crippen molar-refractivity contribution >= 4 is 11.9 Å².